The topological polar surface area (TPSA) is 30.2 Å². The van der Waals surface area contributed by atoms with Crippen molar-refractivity contribution in [3.63, 3.8) is 0 Å². The molecule has 1 heterocycles. The van der Waals surface area contributed by atoms with Gasteiger partial charge in [-0.3, -0.25) is 4.79 Å². The number of ketones is 1. The zero-order chi connectivity index (χ0) is 12.6. The lowest BCUT2D eigenvalue weighted by molar-refractivity contribution is 0.103. The summed E-state index contributed by atoms with van der Waals surface area (Å²) in [6.45, 7) is 7.63. The van der Waals surface area contributed by atoms with E-state index in [4.69, 9.17) is 4.42 Å². The Morgan fingerprint density at radius 2 is 1.76 bits per heavy atom. The molecule has 0 saturated carbocycles. The van der Waals surface area contributed by atoms with Gasteiger partial charge in [-0.25, -0.2) is 0 Å². The van der Waals surface area contributed by atoms with Gasteiger partial charge in [0.15, 0.2) is 5.78 Å². The Kier molecular flexibility index (Phi) is 2.88. The molecule has 0 bridgehead atoms. The highest BCUT2D eigenvalue weighted by molar-refractivity contribution is 6.10. The Balaban J connectivity index is 2.51. The Morgan fingerprint density at radius 3 is 2.29 bits per heavy atom. The highest BCUT2D eigenvalue weighted by Crippen LogP contribution is 2.23. The zero-order valence-electron chi connectivity index (χ0n) is 10.6. The molecule has 0 unspecified atom stereocenters. The van der Waals surface area contributed by atoms with Gasteiger partial charge in [-0.2, -0.15) is 0 Å². The highest BCUT2D eigenvalue weighted by atomic mass is 16.3. The SMILES string of the molecule is Cc1cccc(C(=O)c2c(C)oc(C)c2C)c1. The molecule has 1 aromatic heterocycles. The summed E-state index contributed by atoms with van der Waals surface area (Å²) in [4.78, 5) is 12.4. The van der Waals surface area contributed by atoms with E-state index in [1.807, 2.05) is 52.0 Å². The van der Waals surface area contributed by atoms with Crippen molar-refractivity contribution in [2.75, 3.05) is 0 Å². The van der Waals surface area contributed by atoms with Crippen LogP contribution >= 0.6 is 0 Å². The van der Waals surface area contributed by atoms with Crippen LogP contribution in [0.4, 0.5) is 0 Å². The van der Waals surface area contributed by atoms with Gasteiger partial charge >= 0.3 is 0 Å². The third-order valence-corrected chi connectivity index (χ3v) is 3.07. The van der Waals surface area contributed by atoms with Gasteiger partial charge in [-0.15, -0.1) is 0 Å². The Morgan fingerprint density at radius 1 is 1.06 bits per heavy atom. The molecule has 0 N–H and O–H groups in total. The van der Waals surface area contributed by atoms with Crippen LogP contribution in [0, 0.1) is 27.7 Å². The first kappa shape index (κ1) is 11.6. The largest absolute Gasteiger partial charge is 0.466 e. The van der Waals surface area contributed by atoms with Crippen LogP contribution in [0.5, 0.6) is 0 Å². The molecule has 2 heteroatoms. The minimum absolute atomic E-state index is 0.0422. The van der Waals surface area contributed by atoms with Crippen LogP contribution < -0.4 is 0 Å². The molecule has 0 atom stereocenters. The maximum Gasteiger partial charge on any atom is 0.196 e. The maximum absolute atomic E-state index is 12.4. The summed E-state index contributed by atoms with van der Waals surface area (Å²) in [5.41, 5.74) is 3.45. The molecule has 0 amide bonds. The molecule has 17 heavy (non-hydrogen) atoms. The third kappa shape index (κ3) is 2.03. The lowest BCUT2D eigenvalue weighted by Gasteiger charge is -2.02. The maximum atomic E-state index is 12.4. The van der Waals surface area contributed by atoms with Crippen molar-refractivity contribution in [2.45, 2.75) is 27.7 Å². The van der Waals surface area contributed by atoms with Crippen molar-refractivity contribution < 1.29 is 9.21 Å². The minimum Gasteiger partial charge on any atom is -0.466 e. The van der Waals surface area contributed by atoms with Gasteiger partial charge in [0.05, 0.1) is 5.56 Å². The van der Waals surface area contributed by atoms with Crippen molar-refractivity contribution in [3.05, 3.63) is 58.0 Å². The average molecular weight is 228 g/mol. The van der Waals surface area contributed by atoms with E-state index in [1.165, 1.54) is 0 Å². The number of aryl methyl sites for hydroxylation is 3. The summed E-state index contributed by atoms with van der Waals surface area (Å²) in [6.07, 6.45) is 0. The molecule has 2 nitrogen and oxygen atoms in total. The van der Waals surface area contributed by atoms with E-state index < -0.39 is 0 Å². The van der Waals surface area contributed by atoms with E-state index in [2.05, 4.69) is 0 Å². The molecule has 1 aromatic carbocycles. The van der Waals surface area contributed by atoms with Gasteiger partial charge in [-0.05, 0) is 33.8 Å². The van der Waals surface area contributed by atoms with Gasteiger partial charge in [0.1, 0.15) is 11.5 Å². The summed E-state index contributed by atoms with van der Waals surface area (Å²) in [5.74, 6) is 1.56. The van der Waals surface area contributed by atoms with E-state index in [0.717, 1.165) is 22.5 Å². The number of rotatable bonds is 2. The molecule has 0 aliphatic heterocycles. The first-order valence-corrected chi connectivity index (χ1v) is 5.68. The molecule has 0 radical (unpaired) electrons. The number of furan rings is 1. The lowest BCUT2D eigenvalue weighted by Crippen LogP contribution is -2.03. The van der Waals surface area contributed by atoms with Crippen molar-refractivity contribution in [1.29, 1.82) is 0 Å². The van der Waals surface area contributed by atoms with Gasteiger partial charge in [0.25, 0.3) is 0 Å². The summed E-state index contributed by atoms with van der Waals surface area (Å²) < 4.78 is 5.50. The molecule has 0 spiro atoms. The fourth-order valence-corrected chi connectivity index (χ4v) is 2.06. The van der Waals surface area contributed by atoms with Crippen LogP contribution in [-0.4, -0.2) is 5.78 Å². The Bertz CT molecular complexity index is 577. The van der Waals surface area contributed by atoms with E-state index in [0.29, 0.717) is 11.3 Å². The number of hydrogen-bond donors (Lipinski definition) is 0. The summed E-state index contributed by atoms with van der Waals surface area (Å²) >= 11 is 0. The molecule has 2 rings (SSSR count). The fourth-order valence-electron chi connectivity index (χ4n) is 2.06. The van der Waals surface area contributed by atoms with E-state index in [9.17, 15) is 4.79 Å². The second-order valence-electron chi connectivity index (χ2n) is 4.41. The number of carbonyl (C=O) groups is 1. The number of carbonyl (C=O) groups excluding carboxylic acids is 1. The van der Waals surface area contributed by atoms with Crippen molar-refractivity contribution in [3.8, 4) is 0 Å². The van der Waals surface area contributed by atoms with Crippen LogP contribution in [0.15, 0.2) is 28.7 Å². The van der Waals surface area contributed by atoms with Crippen molar-refractivity contribution in [2.24, 2.45) is 0 Å². The first-order valence-electron chi connectivity index (χ1n) is 5.68. The quantitative estimate of drug-likeness (QED) is 0.733. The normalized spacial score (nSPS) is 10.6. The smallest absolute Gasteiger partial charge is 0.196 e. The molecule has 88 valence electrons. The van der Waals surface area contributed by atoms with Crippen molar-refractivity contribution >= 4 is 5.78 Å². The van der Waals surface area contributed by atoms with Crippen LogP contribution in [0.1, 0.15) is 38.6 Å². The number of benzene rings is 1. The second-order valence-corrected chi connectivity index (χ2v) is 4.41. The van der Waals surface area contributed by atoms with Crippen LogP contribution in [0.2, 0.25) is 0 Å². The van der Waals surface area contributed by atoms with Gasteiger partial charge in [0.2, 0.25) is 0 Å². The molecule has 0 fully saturated rings. The lowest BCUT2D eigenvalue weighted by atomic mass is 9.99. The molecule has 0 aliphatic rings. The average Bonchev–Trinajstić information content (AvgIpc) is 2.52. The van der Waals surface area contributed by atoms with Crippen LogP contribution in [0.25, 0.3) is 0 Å². The van der Waals surface area contributed by atoms with Crippen molar-refractivity contribution in [1.82, 2.24) is 0 Å². The van der Waals surface area contributed by atoms with E-state index in [-0.39, 0.29) is 5.78 Å². The highest BCUT2D eigenvalue weighted by Gasteiger charge is 2.19. The second kappa shape index (κ2) is 4.21. The Hall–Kier alpha value is -1.83. The molecular weight excluding hydrogens is 212 g/mol. The van der Waals surface area contributed by atoms with Crippen LogP contribution in [0.3, 0.4) is 0 Å². The summed E-state index contributed by atoms with van der Waals surface area (Å²) in [5, 5.41) is 0. The molecule has 2 aromatic rings. The van der Waals surface area contributed by atoms with Gasteiger partial charge < -0.3 is 4.42 Å². The monoisotopic (exact) mass is 228 g/mol. The molecular formula is C15H16O2. The van der Waals surface area contributed by atoms with E-state index in [1.54, 1.807) is 0 Å². The van der Waals surface area contributed by atoms with Crippen LogP contribution in [-0.2, 0) is 0 Å². The Labute approximate surface area is 101 Å². The minimum atomic E-state index is 0.0422. The molecule has 0 aliphatic carbocycles. The first-order chi connectivity index (χ1) is 8.00. The predicted octanol–water partition coefficient (Wildman–Crippen LogP) is 3.74. The molecule has 0 saturated heterocycles. The summed E-state index contributed by atoms with van der Waals surface area (Å²) in [7, 11) is 0. The van der Waals surface area contributed by atoms with E-state index >= 15 is 0 Å². The summed E-state index contributed by atoms with van der Waals surface area (Å²) in [6, 6.07) is 7.64. The zero-order valence-corrected chi connectivity index (χ0v) is 10.6. The van der Waals surface area contributed by atoms with Gasteiger partial charge in [0, 0.05) is 11.1 Å². The fraction of sp³-hybridized carbons (Fsp3) is 0.267. The number of hydrogen-bond acceptors (Lipinski definition) is 2. The van der Waals surface area contributed by atoms with Gasteiger partial charge in [-0.1, -0.05) is 23.8 Å². The predicted molar refractivity (Wildman–Crippen MR) is 67.5 cm³/mol. The third-order valence-electron chi connectivity index (χ3n) is 3.07. The standard InChI is InChI=1S/C15H16O2/c1-9-6-5-7-13(8-9)15(16)14-10(2)11(3)17-12(14)4/h5-8H,1-4H3.